The monoisotopic (exact) mass is 238 g/mol. The highest BCUT2D eigenvalue weighted by Gasteiger charge is 2.02. The van der Waals surface area contributed by atoms with Gasteiger partial charge < -0.3 is 0 Å². The van der Waals surface area contributed by atoms with Gasteiger partial charge in [-0.15, -0.1) is 12.6 Å². The molecule has 0 unspecified atom stereocenters. The SMILES string of the molecule is Fc1ccc(-c2cccc(S)c2)cc1Cl. The highest BCUT2D eigenvalue weighted by molar-refractivity contribution is 7.80. The molecule has 0 heterocycles. The number of hydrogen-bond acceptors (Lipinski definition) is 1. The summed E-state index contributed by atoms with van der Waals surface area (Å²) in [6, 6.07) is 12.3. The minimum absolute atomic E-state index is 0.136. The molecule has 0 aliphatic rings. The highest BCUT2D eigenvalue weighted by atomic mass is 35.5. The maximum atomic E-state index is 12.9. The second kappa shape index (κ2) is 4.25. The van der Waals surface area contributed by atoms with Gasteiger partial charge in [0.2, 0.25) is 0 Å². The smallest absolute Gasteiger partial charge is 0.141 e. The summed E-state index contributed by atoms with van der Waals surface area (Å²) >= 11 is 9.95. The second-order valence-electron chi connectivity index (χ2n) is 3.18. The normalized spacial score (nSPS) is 10.3. The Morgan fingerprint density at radius 2 is 1.73 bits per heavy atom. The molecule has 0 saturated carbocycles. The summed E-state index contributed by atoms with van der Waals surface area (Å²) < 4.78 is 12.9. The molecule has 0 spiro atoms. The average Bonchev–Trinajstić information content (AvgIpc) is 2.22. The van der Waals surface area contributed by atoms with E-state index in [0.717, 1.165) is 16.0 Å². The molecule has 0 aliphatic heterocycles. The van der Waals surface area contributed by atoms with E-state index in [4.69, 9.17) is 11.6 Å². The minimum Gasteiger partial charge on any atom is -0.205 e. The van der Waals surface area contributed by atoms with Crippen LogP contribution in [-0.2, 0) is 0 Å². The van der Waals surface area contributed by atoms with Crippen LogP contribution < -0.4 is 0 Å². The fraction of sp³-hybridized carbons (Fsp3) is 0. The van der Waals surface area contributed by atoms with Crippen LogP contribution in [0, 0.1) is 5.82 Å². The van der Waals surface area contributed by atoms with Crippen LogP contribution in [0.1, 0.15) is 0 Å². The summed E-state index contributed by atoms with van der Waals surface area (Å²) in [6.45, 7) is 0. The molecule has 0 amide bonds. The molecule has 0 radical (unpaired) electrons. The Labute approximate surface area is 98.1 Å². The van der Waals surface area contributed by atoms with Crippen LogP contribution in [0.25, 0.3) is 11.1 Å². The van der Waals surface area contributed by atoms with Crippen LogP contribution in [0.5, 0.6) is 0 Å². The van der Waals surface area contributed by atoms with Gasteiger partial charge in [-0.1, -0.05) is 29.8 Å². The number of halogens is 2. The largest absolute Gasteiger partial charge is 0.205 e. The average molecular weight is 239 g/mol. The second-order valence-corrected chi connectivity index (χ2v) is 4.10. The van der Waals surface area contributed by atoms with Crippen molar-refractivity contribution < 1.29 is 4.39 Å². The molecule has 3 heteroatoms. The molecule has 0 atom stereocenters. The first kappa shape index (κ1) is 10.5. The van der Waals surface area contributed by atoms with E-state index in [1.54, 1.807) is 12.1 Å². The lowest BCUT2D eigenvalue weighted by atomic mass is 10.1. The van der Waals surface area contributed by atoms with E-state index < -0.39 is 5.82 Å². The van der Waals surface area contributed by atoms with Crippen LogP contribution in [0.2, 0.25) is 5.02 Å². The first-order valence-electron chi connectivity index (χ1n) is 4.41. The summed E-state index contributed by atoms with van der Waals surface area (Å²) in [5, 5.41) is 0.136. The van der Waals surface area contributed by atoms with Crippen molar-refractivity contribution in [3.63, 3.8) is 0 Å². The van der Waals surface area contributed by atoms with Crippen molar-refractivity contribution in [2.75, 3.05) is 0 Å². The summed E-state index contributed by atoms with van der Waals surface area (Å²) in [7, 11) is 0. The van der Waals surface area contributed by atoms with E-state index in [-0.39, 0.29) is 5.02 Å². The maximum absolute atomic E-state index is 12.9. The van der Waals surface area contributed by atoms with E-state index in [0.29, 0.717) is 0 Å². The molecule has 0 bridgehead atoms. The zero-order valence-corrected chi connectivity index (χ0v) is 9.39. The van der Waals surface area contributed by atoms with Gasteiger partial charge in [-0.3, -0.25) is 0 Å². The fourth-order valence-electron chi connectivity index (χ4n) is 1.36. The van der Waals surface area contributed by atoms with E-state index in [2.05, 4.69) is 12.6 Å². The number of benzene rings is 2. The predicted octanol–water partition coefficient (Wildman–Crippen LogP) is 4.43. The van der Waals surface area contributed by atoms with Crippen molar-refractivity contribution in [3.05, 3.63) is 53.3 Å². The Morgan fingerprint density at radius 3 is 2.40 bits per heavy atom. The molecule has 2 aromatic carbocycles. The third-order valence-electron chi connectivity index (χ3n) is 2.10. The van der Waals surface area contributed by atoms with Gasteiger partial charge in [0.1, 0.15) is 5.82 Å². The first-order valence-corrected chi connectivity index (χ1v) is 5.24. The molecule has 0 aliphatic carbocycles. The standard InChI is InChI=1S/C12H8ClFS/c13-11-7-9(4-5-12(11)14)8-2-1-3-10(15)6-8/h1-7,15H. The first-order chi connectivity index (χ1) is 7.16. The lowest BCUT2D eigenvalue weighted by Gasteiger charge is -2.03. The van der Waals surface area contributed by atoms with Gasteiger partial charge in [-0.05, 0) is 35.4 Å². The Balaban J connectivity index is 2.50. The molecular formula is C12H8ClFS. The van der Waals surface area contributed by atoms with Crippen LogP contribution in [0.4, 0.5) is 4.39 Å². The summed E-state index contributed by atoms with van der Waals surface area (Å²) in [4.78, 5) is 0.868. The number of rotatable bonds is 1. The zero-order chi connectivity index (χ0) is 10.8. The molecule has 2 aromatic rings. The summed E-state index contributed by atoms with van der Waals surface area (Å²) in [5.74, 6) is -0.401. The van der Waals surface area contributed by atoms with Gasteiger partial charge in [0, 0.05) is 4.90 Å². The van der Waals surface area contributed by atoms with Crippen molar-refractivity contribution in [2.45, 2.75) is 4.90 Å². The molecule has 15 heavy (non-hydrogen) atoms. The van der Waals surface area contributed by atoms with Gasteiger partial charge in [-0.2, -0.15) is 0 Å². The molecule has 76 valence electrons. The Hall–Kier alpha value is -0.990. The van der Waals surface area contributed by atoms with Crippen LogP contribution in [0.3, 0.4) is 0 Å². The topological polar surface area (TPSA) is 0 Å². The molecule has 0 aromatic heterocycles. The lowest BCUT2D eigenvalue weighted by Crippen LogP contribution is -1.81. The van der Waals surface area contributed by atoms with Gasteiger partial charge in [-0.25, -0.2) is 4.39 Å². The van der Waals surface area contributed by atoms with Gasteiger partial charge in [0.15, 0.2) is 0 Å². The highest BCUT2D eigenvalue weighted by Crippen LogP contribution is 2.26. The third kappa shape index (κ3) is 2.33. The Bertz CT molecular complexity index is 497. The molecule has 0 N–H and O–H groups in total. The van der Waals surface area contributed by atoms with Gasteiger partial charge in [0.25, 0.3) is 0 Å². The summed E-state index contributed by atoms with van der Waals surface area (Å²) in [5.41, 5.74) is 1.86. The van der Waals surface area contributed by atoms with Crippen LogP contribution >= 0.6 is 24.2 Å². The summed E-state index contributed by atoms with van der Waals surface area (Å²) in [6.07, 6.45) is 0. The molecular weight excluding hydrogens is 231 g/mol. The predicted molar refractivity (Wildman–Crippen MR) is 64.1 cm³/mol. The third-order valence-corrected chi connectivity index (χ3v) is 2.67. The van der Waals surface area contributed by atoms with Crippen molar-refractivity contribution in [2.24, 2.45) is 0 Å². The van der Waals surface area contributed by atoms with Gasteiger partial charge >= 0.3 is 0 Å². The van der Waals surface area contributed by atoms with E-state index in [9.17, 15) is 4.39 Å². The number of thiol groups is 1. The number of hydrogen-bond donors (Lipinski definition) is 1. The van der Waals surface area contributed by atoms with Crippen molar-refractivity contribution in [1.29, 1.82) is 0 Å². The van der Waals surface area contributed by atoms with Gasteiger partial charge in [0.05, 0.1) is 5.02 Å². The van der Waals surface area contributed by atoms with Crippen molar-refractivity contribution >= 4 is 24.2 Å². The maximum Gasteiger partial charge on any atom is 0.141 e. The fourth-order valence-corrected chi connectivity index (χ4v) is 1.77. The van der Waals surface area contributed by atoms with Crippen molar-refractivity contribution in [1.82, 2.24) is 0 Å². The molecule has 2 rings (SSSR count). The quantitative estimate of drug-likeness (QED) is 0.698. The van der Waals surface area contributed by atoms with Crippen LogP contribution in [-0.4, -0.2) is 0 Å². The Kier molecular flexibility index (Phi) is 2.98. The van der Waals surface area contributed by atoms with Crippen molar-refractivity contribution in [3.8, 4) is 11.1 Å². The van der Waals surface area contributed by atoms with E-state index in [1.165, 1.54) is 6.07 Å². The molecule has 0 nitrogen and oxygen atoms in total. The molecule has 0 saturated heterocycles. The van der Waals surface area contributed by atoms with E-state index in [1.807, 2.05) is 24.3 Å². The zero-order valence-electron chi connectivity index (χ0n) is 7.74. The lowest BCUT2D eigenvalue weighted by molar-refractivity contribution is 0.628. The minimum atomic E-state index is -0.401. The molecule has 0 fully saturated rings. The van der Waals surface area contributed by atoms with E-state index >= 15 is 0 Å². The Morgan fingerprint density at radius 1 is 1.00 bits per heavy atom. The van der Waals surface area contributed by atoms with Crippen LogP contribution in [0.15, 0.2) is 47.4 Å².